The third-order valence-corrected chi connectivity index (χ3v) is 3.94. The third-order valence-electron chi connectivity index (χ3n) is 3.53. The van der Waals surface area contributed by atoms with Crippen LogP contribution in [0.1, 0.15) is 18.9 Å². The highest BCUT2D eigenvalue weighted by Crippen LogP contribution is 2.26. The van der Waals surface area contributed by atoms with E-state index in [4.69, 9.17) is 11.6 Å². The molecule has 0 radical (unpaired) electrons. The lowest BCUT2D eigenvalue weighted by atomic mass is 10.1. The SMILES string of the molecule is CC(=O)N(CCC(=O)Nc1ccccc1)c1cccc(Cl)c1C. The van der Waals surface area contributed by atoms with Crippen molar-refractivity contribution in [2.24, 2.45) is 0 Å². The predicted molar refractivity (Wildman–Crippen MR) is 93.9 cm³/mol. The van der Waals surface area contributed by atoms with Crippen LogP contribution in [0.2, 0.25) is 5.02 Å². The Bertz CT molecular complexity index is 701. The molecular formula is C18H19ClN2O2. The Morgan fingerprint density at radius 3 is 2.43 bits per heavy atom. The topological polar surface area (TPSA) is 49.4 Å². The molecule has 2 amide bonds. The van der Waals surface area contributed by atoms with Gasteiger partial charge < -0.3 is 10.2 Å². The zero-order valence-electron chi connectivity index (χ0n) is 13.2. The molecule has 0 unspecified atom stereocenters. The summed E-state index contributed by atoms with van der Waals surface area (Å²) >= 11 is 6.12. The van der Waals surface area contributed by atoms with Crippen LogP contribution < -0.4 is 10.2 Å². The molecule has 2 rings (SSSR count). The van der Waals surface area contributed by atoms with E-state index in [2.05, 4.69) is 5.32 Å². The minimum Gasteiger partial charge on any atom is -0.326 e. The zero-order chi connectivity index (χ0) is 16.8. The smallest absolute Gasteiger partial charge is 0.226 e. The van der Waals surface area contributed by atoms with Crippen molar-refractivity contribution in [2.45, 2.75) is 20.3 Å². The summed E-state index contributed by atoms with van der Waals surface area (Å²) in [6, 6.07) is 14.6. The fraction of sp³-hybridized carbons (Fsp3) is 0.222. The van der Waals surface area contributed by atoms with Gasteiger partial charge in [0.1, 0.15) is 0 Å². The van der Waals surface area contributed by atoms with Gasteiger partial charge in [-0.2, -0.15) is 0 Å². The van der Waals surface area contributed by atoms with Crippen LogP contribution in [0.5, 0.6) is 0 Å². The van der Waals surface area contributed by atoms with Gasteiger partial charge in [-0.05, 0) is 36.8 Å². The molecule has 5 heteroatoms. The van der Waals surface area contributed by atoms with Crippen molar-refractivity contribution >= 4 is 34.8 Å². The molecule has 0 saturated carbocycles. The predicted octanol–water partition coefficient (Wildman–Crippen LogP) is 4.03. The van der Waals surface area contributed by atoms with E-state index >= 15 is 0 Å². The maximum Gasteiger partial charge on any atom is 0.226 e. The molecule has 0 atom stereocenters. The summed E-state index contributed by atoms with van der Waals surface area (Å²) < 4.78 is 0. The third kappa shape index (κ3) is 4.57. The van der Waals surface area contributed by atoms with Crippen molar-refractivity contribution in [1.82, 2.24) is 0 Å². The van der Waals surface area contributed by atoms with Gasteiger partial charge >= 0.3 is 0 Å². The molecule has 2 aromatic rings. The first kappa shape index (κ1) is 17.0. The van der Waals surface area contributed by atoms with Crippen LogP contribution in [0, 0.1) is 6.92 Å². The van der Waals surface area contributed by atoms with Gasteiger partial charge in [0.2, 0.25) is 11.8 Å². The van der Waals surface area contributed by atoms with Gasteiger partial charge in [-0.3, -0.25) is 9.59 Å². The molecule has 1 N–H and O–H groups in total. The lowest BCUT2D eigenvalue weighted by Crippen LogP contribution is -2.32. The maximum atomic E-state index is 12.0. The highest BCUT2D eigenvalue weighted by atomic mass is 35.5. The van der Waals surface area contributed by atoms with E-state index in [0.29, 0.717) is 11.6 Å². The van der Waals surface area contributed by atoms with Crippen molar-refractivity contribution < 1.29 is 9.59 Å². The summed E-state index contributed by atoms with van der Waals surface area (Å²) in [5.41, 5.74) is 2.30. The largest absolute Gasteiger partial charge is 0.326 e. The Labute approximate surface area is 141 Å². The second-order valence-electron chi connectivity index (χ2n) is 5.22. The van der Waals surface area contributed by atoms with Crippen molar-refractivity contribution in [3.05, 3.63) is 59.1 Å². The second kappa shape index (κ2) is 7.79. The number of rotatable bonds is 5. The summed E-state index contributed by atoms with van der Waals surface area (Å²) in [6.07, 6.45) is 0.209. The van der Waals surface area contributed by atoms with Gasteiger partial charge in [0.05, 0.1) is 0 Å². The first-order valence-corrected chi connectivity index (χ1v) is 7.75. The van der Waals surface area contributed by atoms with Crippen molar-refractivity contribution in [3.8, 4) is 0 Å². The monoisotopic (exact) mass is 330 g/mol. The molecule has 0 heterocycles. The van der Waals surface area contributed by atoms with Crippen LogP contribution >= 0.6 is 11.6 Å². The maximum absolute atomic E-state index is 12.0. The van der Waals surface area contributed by atoms with Crippen LogP contribution in [-0.4, -0.2) is 18.4 Å². The van der Waals surface area contributed by atoms with Gasteiger partial charge in [0.15, 0.2) is 0 Å². The molecule has 0 aliphatic carbocycles. The zero-order valence-corrected chi connectivity index (χ0v) is 13.9. The first-order valence-electron chi connectivity index (χ1n) is 7.37. The minimum absolute atomic E-state index is 0.122. The Hall–Kier alpha value is -2.33. The average Bonchev–Trinajstić information content (AvgIpc) is 2.52. The summed E-state index contributed by atoms with van der Waals surface area (Å²) in [7, 11) is 0. The van der Waals surface area contributed by atoms with E-state index in [1.807, 2.05) is 43.3 Å². The number of para-hydroxylation sites is 1. The quantitative estimate of drug-likeness (QED) is 0.899. The number of carbonyl (C=O) groups excluding carboxylic acids is 2. The lowest BCUT2D eigenvalue weighted by Gasteiger charge is -2.23. The Kier molecular flexibility index (Phi) is 5.77. The number of halogens is 1. The van der Waals surface area contributed by atoms with Crippen LogP contribution in [0.15, 0.2) is 48.5 Å². The fourth-order valence-corrected chi connectivity index (χ4v) is 2.46. The normalized spacial score (nSPS) is 10.2. The molecule has 0 aliphatic heterocycles. The van der Waals surface area contributed by atoms with E-state index in [-0.39, 0.29) is 18.2 Å². The fourth-order valence-electron chi connectivity index (χ4n) is 2.29. The summed E-state index contributed by atoms with van der Waals surface area (Å²) in [4.78, 5) is 25.6. The summed E-state index contributed by atoms with van der Waals surface area (Å²) in [6.45, 7) is 3.64. The first-order chi connectivity index (χ1) is 11.0. The van der Waals surface area contributed by atoms with E-state index in [9.17, 15) is 9.59 Å². The number of anilines is 2. The summed E-state index contributed by atoms with van der Waals surface area (Å²) in [5, 5.41) is 3.41. The molecule has 0 fully saturated rings. The van der Waals surface area contributed by atoms with E-state index in [0.717, 1.165) is 16.9 Å². The number of amides is 2. The van der Waals surface area contributed by atoms with Crippen LogP contribution in [0.25, 0.3) is 0 Å². The van der Waals surface area contributed by atoms with Gasteiger partial charge in [0, 0.05) is 36.3 Å². The van der Waals surface area contributed by atoms with Crippen molar-refractivity contribution in [1.29, 1.82) is 0 Å². The van der Waals surface area contributed by atoms with Crippen LogP contribution in [0.4, 0.5) is 11.4 Å². The highest BCUT2D eigenvalue weighted by Gasteiger charge is 2.16. The lowest BCUT2D eigenvalue weighted by molar-refractivity contribution is -0.117. The molecular weight excluding hydrogens is 312 g/mol. The molecule has 0 saturated heterocycles. The van der Waals surface area contributed by atoms with E-state index < -0.39 is 0 Å². The van der Waals surface area contributed by atoms with E-state index in [1.54, 1.807) is 17.0 Å². The number of carbonyl (C=O) groups is 2. The molecule has 0 spiro atoms. The Morgan fingerprint density at radius 1 is 1.09 bits per heavy atom. The van der Waals surface area contributed by atoms with Crippen molar-refractivity contribution in [3.63, 3.8) is 0 Å². The molecule has 23 heavy (non-hydrogen) atoms. The summed E-state index contributed by atoms with van der Waals surface area (Å²) in [5.74, 6) is -0.259. The van der Waals surface area contributed by atoms with Gasteiger partial charge in [-0.15, -0.1) is 0 Å². The average molecular weight is 331 g/mol. The van der Waals surface area contributed by atoms with Gasteiger partial charge in [0.25, 0.3) is 0 Å². The number of nitrogens with one attached hydrogen (secondary N) is 1. The van der Waals surface area contributed by atoms with Crippen LogP contribution in [-0.2, 0) is 9.59 Å². The van der Waals surface area contributed by atoms with E-state index in [1.165, 1.54) is 6.92 Å². The van der Waals surface area contributed by atoms with Gasteiger partial charge in [-0.25, -0.2) is 0 Å². The standard InChI is InChI=1S/C18H19ClN2O2/c1-13-16(19)9-6-10-17(13)21(14(2)22)12-11-18(23)20-15-7-4-3-5-8-15/h3-10H,11-12H2,1-2H3,(H,20,23). The molecule has 0 bridgehead atoms. The number of nitrogens with zero attached hydrogens (tertiary/aromatic N) is 1. The molecule has 4 nitrogen and oxygen atoms in total. The van der Waals surface area contributed by atoms with Crippen molar-refractivity contribution in [2.75, 3.05) is 16.8 Å². The second-order valence-corrected chi connectivity index (χ2v) is 5.63. The van der Waals surface area contributed by atoms with Crippen LogP contribution in [0.3, 0.4) is 0 Å². The minimum atomic E-state index is -0.137. The Morgan fingerprint density at radius 2 is 1.78 bits per heavy atom. The number of hydrogen-bond donors (Lipinski definition) is 1. The number of hydrogen-bond acceptors (Lipinski definition) is 2. The Balaban J connectivity index is 2.04. The molecule has 120 valence electrons. The molecule has 0 aromatic heterocycles. The number of benzene rings is 2. The molecule has 0 aliphatic rings. The molecule has 2 aromatic carbocycles. The van der Waals surface area contributed by atoms with Gasteiger partial charge in [-0.1, -0.05) is 35.9 Å². The highest BCUT2D eigenvalue weighted by molar-refractivity contribution is 6.31.